The number of carboxylic acids is 1. The number of halogens is 2. The molecule has 2 N–H and O–H groups in total. The third-order valence-electron chi connectivity index (χ3n) is 4.03. The first kappa shape index (κ1) is 20.7. The van der Waals surface area contributed by atoms with Crippen LogP contribution in [0.4, 0.5) is 14.5 Å². The van der Waals surface area contributed by atoms with E-state index in [1.165, 1.54) is 24.3 Å². The molecule has 1 unspecified atom stereocenters. The molecule has 0 fully saturated rings. The first-order valence-electron chi connectivity index (χ1n) is 7.94. The van der Waals surface area contributed by atoms with Crippen molar-refractivity contribution in [2.45, 2.75) is 16.6 Å². The van der Waals surface area contributed by atoms with Crippen LogP contribution < -0.4 is 4.72 Å². The number of aliphatic carboxylic acids is 1. The van der Waals surface area contributed by atoms with Crippen LogP contribution in [0.25, 0.3) is 0 Å². The van der Waals surface area contributed by atoms with E-state index in [1.807, 2.05) is 0 Å². The SMILES string of the molecule is O=C(O)C1=C(NS(=O)(=O)c2ccc(F)cc2F)CC(c2ccc([N+](=O)[O-])cc2)S1. The zero-order chi connectivity index (χ0) is 21.3. The number of sulfonamides is 1. The van der Waals surface area contributed by atoms with Crippen LogP contribution >= 0.6 is 11.8 Å². The standard InChI is InChI=1S/C17H12F2N2O6S2/c18-10-3-6-15(12(19)7-10)29(26,27)20-13-8-14(28-16(13)17(22)23)9-1-4-11(5-2-9)21(24)25/h1-7,14,20H,8H2,(H,22,23). The average molecular weight is 442 g/mol. The molecule has 8 nitrogen and oxygen atoms in total. The van der Waals surface area contributed by atoms with E-state index >= 15 is 0 Å². The lowest BCUT2D eigenvalue weighted by Gasteiger charge is -2.12. The number of benzene rings is 2. The number of rotatable bonds is 6. The molecule has 0 aromatic heterocycles. The van der Waals surface area contributed by atoms with Gasteiger partial charge in [0.25, 0.3) is 15.7 Å². The number of allylic oxidation sites excluding steroid dienone is 1. The summed E-state index contributed by atoms with van der Waals surface area (Å²) < 4.78 is 53.9. The summed E-state index contributed by atoms with van der Waals surface area (Å²) in [4.78, 5) is 20.6. The van der Waals surface area contributed by atoms with E-state index in [9.17, 15) is 37.2 Å². The molecule has 29 heavy (non-hydrogen) atoms. The van der Waals surface area contributed by atoms with E-state index < -0.39 is 42.7 Å². The molecule has 0 radical (unpaired) electrons. The molecule has 152 valence electrons. The Hall–Kier alpha value is -2.99. The Kier molecular flexibility index (Phi) is 5.57. The van der Waals surface area contributed by atoms with Gasteiger partial charge in [0.05, 0.1) is 4.92 Å². The topological polar surface area (TPSA) is 127 Å². The Morgan fingerprint density at radius 1 is 1.21 bits per heavy atom. The second kappa shape index (κ2) is 7.79. The monoisotopic (exact) mass is 442 g/mol. The van der Waals surface area contributed by atoms with Gasteiger partial charge in [-0.1, -0.05) is 12.1 Å². The number of thioether (sulfide) groups is 1. The van der Waals surface area contributed by atoms with Gasteiger partial charge in [-0.05, 0) is 17.7 Å². The highest BCUT2D eigenvalue weighted by atomic mass is 32.2. The summed E-state index contributed by atoms with van der Waals surface area (Å²) >= 11 is 0.866. The van der Waals surface area contributed by atoms with Gasteiger partial charge in [-0.25, -0.2) is 22.0 Å². The lowest BCUT2D eigenvalue weighted by Crippen LogP contribution is -2.25. The number of nitro benzene ring substituents is 1. The van der Waals surface area contributed by atoms with E-state index in [1.54, 1.807) is 0 Å². The van der Waals surface area contributed by atoms with Crippen molar-refractivity contribution in [3.63, 3.8) is 0 Å². The van der Waals surface area contributed by atoms with Gasteiger partial charge >= 0.3 is 5.97 Å². The second-order valence-corrected chi connectivity index (χ2v) is 8.82. The molecule has 1 aliphatic heterocycles. The summed E-state index contributed by atoms with van der Waals surface area (Å²) in [7, 11) is -4.50. The fraction of sp³-hybridized carbons (Fsp3) is 0.118. The van der Waals surface area contributed by atoms with Gasteiger partial charge in [-0.2, -0.15) is 0 Å². The predicted octanol–water partition coefficient (Wildman–Crippen LogP) is 3.33. The summed E-state index contributed by atoms with van der Waals surface area (Å²) in [5.41, 5.74) is 0.256. The smallest absolute Gasteiger partial charge is 0.344 e. The number of non-ortho nitro benzene ring substituents is 1. The number of nitrogens with one attached hydrogen (secondary N) is 1. The molecule has 3 rings (SSSR count). The molecule has 0 bridgehead atoms. The van der Waals surface area contributed by atoms with Gasteiger partial charge in [0.1, 0.15) is 21.4 Å². The molecule has 1 heterocycles. The van der Waals surface area contributed by atoms with Gasteiger partial charge in [-0.3, -0.25) is 14.8 Å². The highest BCUT2D eigenvalue weighted by Gasteiger charge is 2.33. The minimum absolute atomic E-state index is 0.0494. The fourth-order valence-electron chi connectivity index (χ4n) is 2.71. The van der Waals surface area contributed by atoms with E-state index in [0.29, 0.717) is 11.6 Å². The Labute approximate surface area is 167 Å². The van der Waals surface area contributed by atoms with Crippen LogP contribution in [0.15, 0.2) is 58.0 Å². The number of carbonyl (C=O) groups is 1. The molecule has 0 saturated heterocycles. The van der Waals surface area contributed by atoms with Crippen molar-refractivity contribution in [3.05, 3.63) is 80.4 Å². The second-order valence-electron chi connectivity index (χ2n) is 5.95. The predicted molar refractivity (Wildman–Crippen MR) is 99.4 cm³/mol. The van der Waals surface area contributed by atoms with Crippen molar-refractivity contribution in [1.82, 2.24) is 4.72 Å². The third kappa shape index (κ3) is 4.38. The van der Waals surface area contributed by atoms with Crippen LogP contribution in [0.5, 0.6) is 0 Å². The van der Waals surface area contributed by atoms with Crippen LogP contribution in [0.3, 0.4) is 0 Å². The summed E-state index contributed by atoms with van der Waals surface area (Å²) in [5.74, 6) is -3.65. The molecule has 2 aromatic rings. The molecular formula is C17H12F2N2O6S2. The van der Waals surface area contributed by atoms with Crippen LogP contribution in [-0.4, -0.2) is 24.4 Å². The molecule has 0 amide bonds. The molecule has 0 spiro atoms. The zero-order valence-electron chi connectivity index (χ0n) is 14.3. The minimum atomic E-state index is -4.50. The van der Waals surface area contributed by atoms with Gasteiger partial charge in [-0.15, -0.1) is 11.8 Å². The van der Waals surface area contributed by atoms with Crippen molar-refractivity contribution >= 4 is 33.4 Å². The summed E-state index contributed by atoms with van der Waals surface area (Å²) in [5, 5.41) is 19.6. The molecule has 2 aromatic carbocycles. The van der Waals surface area contributed by atoms with Crippen molar-refractivity contribution in [3.8, 4) is 0 Å². The molecule has 12 heteroatoms. The lowest BCUT2D eigenvalue weighted by atomic mass is 10.1. The van der Waals surface area contributed by atoms with E-state index in [-0.39, 0.29) is 22.7 Å². The number of hydrogen-bond donors (Lipinski definition) is 2. The average Bonchev–Trinajstić information content (AvgIpc) is 3.04. The third-order valence-corrected chi connectivity index (χ3v) is 6.84. The van der Waals surface area contributed by atoms with Crippen molar-refractivity contribution in [2.75, 3.05) is 0 Å². The number of carboxylic acid groups (broad SMARTS) is 1. The summed E-state index contributed by atoms with van der Waals surface area (Å²) in [6.07, 6.45) is -0.0494. The van der Waals surface area contributed by atoms with Crippen molar-refractivity contribution in [2.24, 2.45) is 0 Å². The molecule has 0 saturated carbocycles. The Morgan fingerprint density at radius 3 is 2.41 bits per heavy atom. The van der Waals surface area contributed by atoms with Gasteiger partial charge < -0.3 is 5.11 Å². The summed E-state index contributed by atoms with van der Waals surface area (Å²) in [6, 6.07) is 7.33. The van der Waals surface area contributed by atoms with Crippen LogP contribution in [0, 0.1) is 21.7 Å². The van der Waals surface area contributed by atoms with Gasteiger partial charge in [0, 0.05) is 35.6 Å². The highest BCUT2D eigenvalue weighted by Crippen LogP contribution is 2.47. The normalized spacial score (nSPS) is 16.7. The zero-order valence-corrected chi connectivity index (χ0v) is 16.0. The first-order chi connectivity index (χ1) is 13.6. The largest absolute Gasteiger partial charge is 0.477 e. The minimum Gasteiger partial charge on any atom is -0.477 e. The van der Waals surface area contributed by atoms with Gasteiger partial charge in [0.2, 0.25) is 0 Å². The molecule has 1 atom stereocenters. The highest BCUT2D eigenvalue weighted by molar-refractivity contribution is 8.04. The number of nitrogens with zero attached hydrogens (tertiary/aromatic N) is 1. The Bertz CT molecular complexity index is 1130. The molecule has 0 aliphatic carbocycles. The maximum Gasteiger partial charge on any atom is 0.344 e. The lowest BCUT2D eigenvalue weighted by molar-refractivity contribution is -0.384. The number of hydrogen-bond acceptors (Lipinski definition) is 6. The van der Waals surface area contributed by atoms with Crippen LogP contribution in [0.1, 0.15) is 17.2 Å². The van der Waals surface area contributed by atoms with E-state index in [4.69, 9.17) is 0 Å². The van der Waals surface area contributed by atoms with E-state index in [0.717, 1.165) is 23.9 Å². The van der Waals surface area contributed by atoms with Crippen LogP contribution in [-0.2, 0) is 14.8 Å². The Morgan fingerprint density at radius 2 is 1.86 bits per heavy atom. The van der Waals surface area contributed by atoms with E-state index in [2.05, 4.69) is 4.72 Å². The summed E-state index contributed by atoms with van der Waals surface area (Å²) in [6.45, 7) is 0. The van der Waals surface area contributed by atoms with Crippen molar-refractivity contribution < 1.29 is 32.0 Å². The van der Waals surface area contributed by atoms with Gasteiger partial charge in [0.15, 0.2) is 0 Å². The quantitative estimate of drug-likeness (QED) is 0.519. The van der Waals surface area contributed by atoms with Crippen molar-refractivity contribution in [1.29, 1.82) is 0 Å². The first-order valence-corrected chi connectivity index (χ1v) is 10.3. The molecular weight excluding hydrogens is 430 g/mol. The Balaban J connectivity index is 1.88. The fourth-order valence-corrected chi connectivity index (χ4v) is 5.16. The number of nitro groups is 1. The maximum atomic E-state index is 13.9. The van der Waals surface area contributed by atoms with Crippen LogP contribution in [0.2, 0.25) is 0 Å². The maximum absolute atomic E-state index is 13.9. The molecule has 1 aliphatic rings.